The number of benzene rings is 2. The summed E-state index contributed by atoms with van der Waals surface area (Å²) in [6.07, 6.45) is 0. The Morgan fingerprint density at radius 3 is 2.21 bits per heavy atom. The molecule has 0 atom stereocenters. The summed E-state index contributed by atoms with van der Waals surface area (Å²) in [5, 5.41) is 3.66. The maximum atomic E-state index is 13.8. The fraction of sp³-hybridized carbons (Fsp3) is 0.364. The molecular formula is C22H25ClFN3O2. The lowest BCUT2D eigenvalue weighted by Gasteiger charge is -2.35. The van der Waals surface area contributed by atoms with Crippen molar-refractivity contribution in [2.75, 3.05) is 32.7 Å². The molecule has 2 aromatic rings. The lowest BCUT2D eigenvalue weighted by molar-refractivity contribution is 0.0660. The molecule has 7 heteroatoms. The number of piperazine rings is 1. The average Bonchev–Trinajstić information content (AvgIpc) is 2.72. The number of hydrogen-bond donors (Lipinski definition) is 1. The SMILES string of the molecule is CC(C)(CNC(=O)N1CCN(C(=O)c2ccccc2F)CC1)c1ccc(Cl)cc1. The largest absolute Gasteiger partial charge is 0.337 e. The van der Waals surface area contributed by atoms with E-state index in [1.165, 1.54) is 12.1 Å². The second kappa shape index (κ2) is 8.82. The maximum absolute atomic E-state index is 13.8. The van der Waals surface area contributed by atoms with Gasteiger partial charge in [-0.3, -0.25) is 4.79 Å². The minimum atomic E-state index is -0.526. The van der Waals surface area contributed by atoms with Crippen molar-refractivity contribution in [1.82, 2.24) is 15.1 Å². The molecule has 29 heavy (non-hydrogen) atoms. The molecule has 154 valence electrons. The molecule has 0 aliphatic carbocycles. The van der Waals surface area contributed by atoms with Gasteiger partial charge in [-0.05, 0) is 29.8 Å². The van der Waals surface area contributed by atoms with Crippen LogP contribution in [0.15, 0.2) is 48.5 Å². The van der Waals surface area contributed by atoms with Crippen LogP contribution in [0.25, 0.3) is 0 Å². The Morgan fingerprint density at radius 1 is 1.00 bits per heavy atom. The number of hydrogen-bond acceptors (Lipinski definition) is 2. The molecule has 3 rings (SSSR count). The molecule has 1 aliphatic rings. The van der Waals surface area contributed by atoms with Gasteiger partial charge in [0.25, 0.3) is 5.91 Å². The van der Waals surface area contributed by atoms with Crippen LogP contribution in [0.1, 0.15) is 29.8 Å². The highest BCUT2D eigenvalue weighted by molar-refractivity contribution is 6.30. The first-order valence-electron chi connectivity index (χ1n) is 9.60. The summed E-state index contributed by atoms with van der Waals surface area (Å²) in [5.74, 6) is -0.867. The van der Waals surface area contributed by atoms with Crippen molar-refractivity contribution in [2.24, 2.45) is 0 Å². The lowest BCUT2D eigenvalue weighted by Crippen LogP contribution is -2.54. The van der Waals surface area contributed by atoms with Crippen LogP contribution in [0.4, 0.5) is 9.18 Å². The van der Waals surface area contributed by atoms with Crippen LogP contribution in [-0.2, 0) is 5.41 Å². The molecule has 2 aromatic carbocycles. The molecule has 1 saturated heterocycles. The fourth-order valence-corrected chi connectivity index (χ4v) is 3.46. The summed E-state index contributed by atoms with van der Waals surface area (Å²) in [4.78, 5) is 28.3. The monoisotopic (exact) mass is 417 g/mol. The minimum absolute atomic E-state index is 0.0649. The van der Waals surface area contributed by atoms with E-state index in [0.717, 1.165) is 5.56 Å². The quantitative estimate of drug-likeness (QED) is 0.819. The van der Waals surface area contributed by atoms with Crippen molar-refractivity contribution in [1.29, 1.82) is 0 Å². The lowest BCUT2D eigenvalue weighted by atomic mass is 9.85. The van der Waals surface area contributed by atoms with Crippen molar-refractivity contribution >= 4 is 23.5 Å². The highest BCUT2D eigenvalue weighted by Gasteiger charge is 2.27. The Morgan fingerprint density at radius 2 is 1.59 bits per heavy atom. The van der Waals surface area contributed by atoms with E-state index in [-0.39, 0.29) is 22.9 Å². The third-order valence-corrected chi connectivity index (χ3v) is 5.52. The smallest absolute Gasteiger partial charge is 0.317 e. The van der Waals surface area contributed by atoms with Gasteiger partial charge in [-0.1, -0.05) is 49.7 Å². The number of carbonyl (C=O) groups is 2. The van der Waals surface area contributed by atoms with Gasteiger partial charge in [0.15, 0.2) is 0 Å². The Kier molecular flexibility index (Phi) is 6.42. The summed E-state index contributed by atoms with van der Waals surface area (Å²) in [6.45, 7) is 6.16. The van der Waals surface area contributed by atoms with Crippen LogP contribution in [0, 0.1) is 5.82 Å². The summed E-state index contributed by atoms with van der Waals surface area (Å²) >= 11 is 5.95. The van der Waals surface area contributed by atoms with Gasteiger partial charge in [0.05, 0.1) is 5.56 Å². The van der Waals surface area contributed by atoms with Crippen molar-refractivity contribution in [3.05, 3.63) is 70.5 Å². The number of urea groups is 1. The fourth-order valence-electron chi connectivity index (χ4n) is 3.33. The normalized spacial score (nSPS) is 14.6. The van der Waals surface area contributed by atoms with Crippen molar-refractivity contribution in [2.45, 2.75) is 19.3 Å². The van der Waals surface area contributed by atoms with Crippen LogP contribution in [0.3, 0.4) is 0 Å². The summed E-state index contributed by atoms with van der Waals surface area (Å²) in [7, 11) is 0. The van der Waals surface area contributed by atoms with Crippen molar-refractivity contribution < 1.29 is 14.0 Å². The predicted molar refractivity (Wildman–Crippen MR) is 112 cm³/mol. The van der Waals surface area contributed by atoms with Gasteiger partial charge in [-0.15, -0.1) is 0 Å². The van der Waals surface area contributed by atoms with Gasteiger partial charge in [-0.2, -0.15) is 0 Å². The van der Waals surface area contributed by atoms with E-state index >= 15 is 0 Å². The average molecular weight is 418 g/mol. The van der Waals surface area contributed by atoms with Crippen LogP contribution in [0.5, 0.6) is 0 Å². The minimum Gasteiger partial charge on any atom is -0.337 e. The van der Waals surface area contributed by atoms with E-state index in [4.69, 9.17) is 11.6 Å². The molecule has 0 radical (unpaired) electrons. The third-order valence-electron chi connectivity index (χ3n) is 5.27. The number of nitrogens with one attached hydrogen (secondary N) is 1. The first kappa shape index (κ1) is 21.1. The molecule has 3 amide bonds. The van der Waals surface area contributed by atoms with Crippen LogP contribution in [-0.4, -0.2) is 54.5 Å². The maximum Gasteiger partial charge on any atom is 0.317 e. The van der Waals surface area contributed by atoms with Crippen LogP contribution >= 0.6 is 11.6 Å². The van der Waals surface area contributed by atoms with E-state index < -0.39 is 5.82 Å². The molecule has 1 fully saturated rings. The van der Waals surface area contributed by atoms with Gasteiger partial charge in [0.2, 0.25) is 0 Å². The Labute approximate surface area is 175 Å². The second-order valence-corrected chi connectivity index (χ2v) is 8.25. The molecule has 0 aromatic heterocycles. The Balaban J connectivity index is 1.52. The number of rotatable bonds is 4. The molecule has 0 spiro atoms. The van der Waals surface area contributed by atoms with Crippen LogP contribution < -0.4 is 5.32 Å². The molecule has 1 aliphatic heterocycles. The zero-order valence-corrected chi connectivity index (χ0v) is 17.4. The summed E-state index contributed by atoms with van der Waals surface area (Å²) < 4.78 is 13.8. The highest BCUT2D eigenvalue weighted by Crippen LogP contribution is 2.24. The summed E-state index contributed by atoms with van der Waals surface area (Å²) in [6, 6.07) is 13.4. The zero-order valence-electron chi connectivity index (χ0n) is 16.6. The van der Waals surface area contributed by atoms with Gasteiger partial charge < -0.3 is 15.1 Å². The standard InChI is InChI=1S/C22H25ClFN3O2/c1-22(2,16-7-9-17(23)10-8-16)15-25-21(29)27-13-11-26(12-14-27)20(28)18-5-3-4-6-19(18)24/h3-10H,11-15H2,1-2H3,(H,25,29). The molecular weight excluding hydrogens is 393 g/mol. The van der Waals surface area contributed by atoms with E-state index in [2.05, 4.69) is 19.2 Å². The van der Waals surface area contributed by atoms with E-state index in [1.807, 2.05) is 24.3 Å². The van der Waals surface area contributed by atoms with E-state index in [9.17, 15) is 14.0 Å². The molecule has 0 unspecified atom stereocenters. The number of halogens is 2. The summed E-state index contributed by atoms with van der Waals surface area (Å²) in [5.41, 5.74) is 0.903. The molecule has 0 bridgehead atoms. The number of nitrogens with zero attached hydrogens (tertiary/aromatic N) is 2. The topological polar surface area (TPSA) is 52.7 Å². The van der Waals surface area contributed by atoms with E-state index in [0.29, 0.717) is 37.7 Å². The second-order valence-electron chi connectivity index (χ2n) is 7.81. The molecule has 1 heterocycles. The van der Waals surface area contributed by atoms with Gasteiger partial charge >= 0.3 is 6.03 Å². The zero-order chi connectivity index (χ0) is 21.0. The predicted octanol–water partition coefficient (Wildman–Crippen LogP) is 3.92. The van der Waals surface area contributed by atoms with Crippen LogP contribution in [0.2, 0.25) is 5.02 Å². The van der Waals surface area contributed by atoms with E-state index in [1.54, 1.807) is 21.9 Å². The highest BCUT2D eigenvalue weighted by atomic mass is 35.5. The van der Waals surface area contributed by atoms with Gasteiger partial charge in [-0.25, -0.2) is 9.18 Å². The first-order valence-corrected chi connectivity index (χ1v) is 9.98. The number of carbonyl (C=O) groups excluding carboxylic acids is 2. The Hall–Kier alpha value is -2.60. The van der Waals surface area contributed by atoms with Gasteiger partial charge in [0.1, 0.15) is 5.82 Å². The molecule has 0 saturated carbocycles. The molecule has 1 N–H and O–H groups in total. The van der Waals surface area contributed by atoms with Crippen molar-refractivity contribution in [3.8, 4) is 0 Å². The van der Waals surface area contributed by atoms with Crippen molar-refractivity contribution in [3.63, 3.8) is 0 Å². The third kappa shape index (κ3) is 5.07. The van der Waals surface area contributed by atoms with Gasteiger partial charge in [0, 0.05) is 43.2 Å². The Bertz CT molecular complexity index is 878. The number of amides is 3. The first-order chi connectivity index (χ1) is 13.8. The molecule has 5 nitrogen and oxygen atoms in total.